The second-order valence-electron chi connectivity index (χ2n) is 4.91. The van der Waals surface area contributed by atoms with E-state index in [0.717, 1.165) is 12.1 Å². The van der Waals surface area contributed by atoms with E-state index in [1.807, 2.05) is 0 Å². The van der Waals surface area contributed by atoms with Crippen molar-refractivity contribution in [3.05, 3.63) is 29.8 Å². The monoisotopic (exact) mass is 346 g/mol. The van der Waals surface area contributed by atoms with E-state index in [-0.39, 0.29) is 37.3 Å². The maximum Gasteiger partial charge on any atom is 0.239 e. The highest BCUT2D eigenvalue weighted by molar-refractivity contribution is 8.00. The van der Waals surface area contributed by atoms with Crippen LogP contribution in [0.3, 0.4) is 0 Å². The first-order valence-corrected chi connectivity index (χ1v) is 7.99. The Bertz CT molecular complexity index is 588. The van der Waals surface area contributed by atoms with Crippen LogP contribution in [0.15, 0.2) is 18.2 Å². The van der Waals surface area contributed by atoms with Gasteiger partial charge in [0.1, 0.15) is 25.0 Å². The molecule has 6 nitrogen and oxygen atoms in total. The predicted molar refractivity (Wildman–Crippen MR) is 79.9 cm³/mol. The minimum Gasteiger partial charge on any atom is -0.491 e. The first-order valence-electron chi connectivity index (χ1n) is 6.84. The molecule has 1 aromatic carbocycles. The van der Waals surface area contributed by atoms with Gasteiger partial charge in [0.05, 0.1) is 11.6 Å². The summed E-state index contributed by atoms with van der Waals surface area (Å²) in [5.41, 5.74) is 0. The van der Waals surface area contributed by atoms with Gasteiger partial charge in [-0.15, -0.1) is 11.8 Å². The second-order valence-corrected chi connectivity index (χ2v) is 5.87. The van der Waals surface area contributed by atoms with Crippen LogP contribution in [0.2, 0.25) is 0 Å². The van der Waals surface area contributed by atoms with Crippen molar-refractivity contribution < 1.29 is 28.2 Å². The van der Waals surface area contributed by atoms with E-state index in [0.29, 0.717) is 11.6 Å². The van der Waals surface area contributed by atoms with Gasteiger partial charge in [-0.25, -0.2) is 8.78 Å². The summed E-state index contributed by atoms with van der Waals surface area (Å²) >= 11 is 1.43. The number of halogens is 2. The third-order valence-electron chi connectivity index (χ3n) is 3.03. The molecule has 0 aromatic heterocycles. The van der Waals surface area contributed by atoms with Gasteiger partial charge >= 0.3 is 0 Å². The molecule has 126 valence electrons. The van der Waals surface area contributed by atoms with Crippen LogP contribution in [0.1, 0.15) is 0 Å². The van der Waals surface area contributed by atoms with E-state index >= 15 is 0 Å². The molecule has 0 unspecified atom stereocenters. The number of aliphatic hydroxyl groups is 1. The van der Waals surface area contributed by atoms with Crippen LogP contribution in [0.4, 0.5) is 8.78 Å². The van der Waals surface area contributed by atoms with Gasteiger partial charge in [-0.2, -0.15) is 0 Å². The number of benzene rings is 1. The molecule has 0 radical (unpaired) electrons. The van der Waals surface area contributed by atoms with Crippen molar-refractivity contribution in [3.63, 3.8) is 0 Å². The molecular weight excluding hydrogens is 330 g/mol. The minimum absolute atomic E-state index is 0.0530. The summed E-state index contributed by atoms with van der Waals surface area (Å²) in [7, 11) is 0. The third kappa shape index (κ3) is 5.36. The molecule has 1 aliphatic heterocycles. The van der Waals surface area contributed by atoms with Crippen LogP contribution in [-0.4, -0.2) is 59.3 Å². The highest BCUT2D eigenvalue weighted by atomic mass is 32.2. The van der Waals surface area contributed by atoms with E-state index in [2.05, 4.69) is 5.32 Å². The number of hydrogen-bond donors (Lipinski definition) is 2. The molecule has 2 rings (SSSR count). The summed E-state index contributed by atoms with van der Waals surface area (Å²) in [6.07, 6.45) is -1.02. The molecule has 0 spiro atoms. The maximum atomic E-state index is 13.0. The normalized spacial score (nSPS) is 15.6. The number of thioether (sulfide) groups is 1. The van der Waals surface area contributed by atoms with Crippen LogP contribution < -0.4 is 10.1 Å². The number of hydrogen-bond acceptors (Lipinski definition) is 5. The predicted octanol–water partition coefficient (Wildman–Crippen LogP) is 0.354. The Morgan fingerprint density at radius 1 is 1.43 bits per heavy atom. The lowest BCUT2D eigenvalue weighted by atomic mass is 10.3. The molecule has 1 atom stereocenters. The average molecular weight is 346 g/mol. The Morgan fingerprint density at radius 3 is 2.87 bits per heavy atom. The minimum atomic E-state index is -1.04. The number of rotatable bonds is 7. The highest BCUT2D eigenvalue weighted by Gasteiger charge is 2.23. The SMILES string of the molecule is O=C(CN1CSCC1=O)NC[C@H](O)COc1ccc(F)c(F)c1. The second kappa shape index (κ2) is 8.11. The van der Waals surface area contributed by atoms with Crippen LogP contribution >= 0.6 is 11.8 Å². The molecule has 0 bridgehead atoms. The lowest BCUT2D eigenvalue weighted by Gasteiger charge is -2.16. The number of carbonyl (C=O) groups excluding carboxylic acids is 2. The van der Waals surface area contributed by atoms with Crippen LogP contribution in [0, 0.1) is 11.6 Å². The van der Waals surface area contributed by atoms with E-state index in [4.69, 9.17) is 4.74 Å². The number of aliphatic hydroxyl groups excluding tert-OH is 1. The Hall–Kier alpha value is -1.87. The van der Waals surface area contributed by atoms with Crippen LogP contribution in [0.25, 0.3) is 0 Å². The van der Waals surface area contributed by atoms with Gasteiger partial charge in [-0.1, -0.05) is 0 Å². The Morgan fingerprint density at radius 2 is 2.22 bits per heavy atom. The van der Waals surface area contributed by atoms with E-state index in [1.165, 1.54) is 22.7 Å². The summed E-state index contributed by atoms with van der Waals surface area (Å²) in [6.45, 7) is -0.315. The standard InChI is InChI=1S/C14H16F2N2O4S/c15-11-2-1-10(3-12(11)16)22-6-9(19)4-17-13(20)5-18-8-23-7-14(18)21/h1-3,9,19H,4-8H2,(H,17,20)/t9-/m0/s1. The molecule has 2 N–H and O–H groups in total. The quantitative estimate of drug-likeness (QED) is 0.745. The van der Waals surface area contributed by atoms with Crippen LogP contribution in [-0.2, 0) is 9.59 Å². The van der Waals surface area contributed by atoms with Crippen molar-refractivity contribution in [3.8, 4) is 5.75 Å². The molecule has 1 fully saturated rings. The molecule has 0 aliphatic carbocycles. The first-order chi connectivity index (χ1) is 11.0. The molecule has 1 aromatic rings. The fourth-order valence-corrected chi connectivity index (χ4v) is 2.72. The smallest absolute Gasteiger partial charge is 0.239 e. The molecule has 2 amide bonds. The number of ether oxygens (including phenoxy) is 1. The molecular formula is C14H16F2N2O4S. The van der Waals surface area contributed by atoms with E-state index in [1.54, 1.807) is 0 Å². The number of amides is 2. The number of nitrogens with zero attached hydrogens (tertiary/aromatic N) is 1. The van der Waals surface area contributed by atoms with E-state index in [9.17, 15) is 23.5 Å². The summed E-state index contributed by atoms with van der Waals surface area (Å²) in [5, 5.41) is 12.2. The van der Waals surface area contributed by atoms with Gasteiger partial charge in [0, 0.05) is 12.6 Å². The first kappa shape index (κ1) is 17.5. The topological polar surface area (TPSA) is 78.9 Å². The number of nitrogens with one attached hydrogen (secondary N) is 1. The Balaban J connectivity index is 1.68. The number of carbonyl (C=O) groups is 2. The molecule has 1 heterocycles. The molecule has 1 aliphatic rings. The van der Waals surface area contributed by atoms with Crippen molar-refractivity contribution in [1.82, 2.24) is 10.2 Å². The summed E-state index contributed by atoms with van der Waals surface area (Å²) in [4.78, 5) is 24.4. The summed E-state index contributed by atoms with van der Waals surface area (Å²) < 4.78 is 30.8. The van der Waals surface area contributed by atoms with Gasteiger partial charge in [-0.05, 0) is 12.1 Å². The van der Waals surface area contributed by atoms with Gasteiger partial charge in [-0.3, -0.25) is 9.59 Å². The lowest BCUT2D eigenvalue weighted by Crippen LogP contribution is -2.42. The highest BCUT2D eigenvalue weighted by Crippen LogP contribution is 2.15. The Kier molecular flexibility index (Phi) is 6.17. The van der Waals surface area contributed by atoms with Gasteiger partial charge in [0.25, 0.3) is 0 Å². The molecule has 1 saturated heterocycles. The summed E-state index contributed by atoms with van der Waals surface area (Å²) in [6, 6.07) is 3.03. The largest absolute Gasteiger partial charge is 0.491 e. The molecule has 0 saturated carbocycles. The van der Waals surface area contributed by atoms with Gasteiger partial charge < -0.3 is 20.1 Å². The fourth-order valence-electron chi connectivity index (χ4n) is 1.82. The molecule has 9 heteroatoms. The molecule has 23 heavy (non-hydrogen) atoms. The Labute approximate surface area is 135 Å². The zero-order valence-electron chi connectivity index (χ0n) is 12.1. The van der Waals surface area contributed by atoms with Crippen molar-refractivity contribution in [2.45, 2.75) is 6.10 Å². The zero-order chi connectivity index (χ0) is 16.8. The van der Waals surface area contributed by atoms with Crippen molar-refractivity contribution in [1.29, 1.82) is 0 Å². The van der Waals surface area contributed by atoms with Crippen LogP contribution in [0.5, 0.6) is 5.75 Å². The van der Waals surface area contributed by atoms with Crippen molar-refractivity contribution in [2.75, 3.05) is 31.3 Å². The van der Waals surface area contributed by atoms with Gasteiger partial charge in [0.2, 0.25) is 11.8 Å². The average Bonchev–Trinajstić information content (AvgIpc) is 2.91. The van der Waals surface area contributed by atoms with E-state index < -0.39 is 17.7 Å². The van der Waals surface area contributed by atoms with Gasteiger partial charge in [0.15, 0.2) is 11.6 Å². The zero-order valence-corrected chi connectivity index (χ0v) is 12.9. The van der Waals surface area contributed by atoms with Crippen molar-refractivity contribution in [2.24, 2.45) is 0 Å². The fraction of sp³-hybridized carbons (Fsp3) is 0.429. The lowest BCUT2D eigenvalue weighted by molar-refractivity contribution is -0.132. The summed E-state index contributed by atoms with van der Waals surface area (Å²) in [5.74, 6) is -1.57. The third-order valence-corrected chi connectivity index (χ3v) is 3.97. The van der Waals surface area contributed by atoms with Crippen molar-refractivity contribution >= 4 is 23.6 Å². The maximum absolute atomic E-state index is 13.0.